The summed E-state index contributed by atoms with van der Waals surface area (Å²) in [7, 11) is 0. The molecule has 3 nitrogen and oxygen atoms in total. The predicted molar refractivity (Wildman–Crippen MR) is 60.6 cm³/mol. The molecule has 2 aliphatic rings. The highest BCUT2D eigenvalue weighted by atomic mass is 16.2. The second-order valence-corrected chi connectivity index (χ2v) is 5.04. The van der Waals surface area contributed by atoms with Crippen molar-refractivity contribution in [3.05, 3.63) is 0 Å². The van der Waals surface area contributed by atoms with E-state index < -0.39 is 0 Å². The standard InChI is InChI=1S/C12H22N2O/c1-10-4-3-7-14(12(10)15)9-11-5-2-6-13-8-11/h10-11,13H,2-9H2,1H3. The number of hydrogen-bond donors (Lipinski definition) is 1. The molecule has 0 radical (unpaired) electrons. The Morgan fingerprint density at radius 2 is 2.27 bits per heavy atom. The van der Waals surface area contributed by atoms with Crippen molar-refractivity contribution in [3.8, 4) is 0 Å². The zero-order chi connectivity index (χ0) is 10.7. The largest absolute Gasteiger partial charge is 0.342 e. The molecular weight excluding hydrogens is 188 g/mol. The second kappa shape index (κ2) is 4.97. The average Bonchev–Trinajstić information content (AvgIpc) is 2.26. The molecule has 15 heavy (non-hydrogen) atoms. The summed E-state index contributed by atoms with van der Waals surface area (Å²) in [6.07, 6.45) is 4.82. The summed E-state index contributed by atoms with van der Waals surface area (Å²) < 4.78 is 0. The lowest BCUT2D eigenvalue weighted by Crippen LogP contribution is -2.45. The van der Waals surface area contributed by atoms with Crippen LogP contribution in [-0.2, 0) is 4.79 Å². The molecule has 2 unspecified atom stereocenters. The van der Waals surface area contributed by atoms with E-state index in [1.165, 1.54) is 19.3 Å². The van der Waals surface area contributed by atoms with Crippen LogP contribution in [0.4, 0.5) is 0 Å². The van der Waals surface area contributed by atoms with Gasteiger partial charge in [-0.25, -0.2) is 0 Å². The first-order valence-electron chi connectivity index (χ1n) is 6.27. The lowest BCUT2D eigenvalue weighted by molar-refractivity contribution is -0.138. The fraction of sp³-hybridized carbons (Fsp3) is 0.917. The predicted octanol–water partition coefficient (Wildman–Crippen LogP) is 1.24. The highest BCUT2D eigenvalue weighted by Crippen LogP contribution is 2.20. The maximum Gasteiger partial charge on any atom is 0.225 e. The number of carbonyl (C=O) groups excluding carboxylic acids is 1. The van der Waals surface area contributed by atoms with Gasteiger partial charge in [0.1, 0.15) is 0 Å². The van der Waals surface area contributed by atoms with Gasteiger partial charge in [0.2, 0.25) is 5.91 Å². The Kier molecular flexibility index (Phi) is 3.62. The quantitative estimate of drug-likeness (QED) is 0.744. The Bertz CT molecular complexity index is 224. The molecule has 3 heteroatoms. The molecule has 2 heterocycles. The number of amides is 1. The summed E-state index contributed by atoms with van der Waals surface area (Å²) in [5.41, 5.74) is 0. The third kappa shape index (κ3) is 2.71. The fourth-order valence-electron chi connectivity index (χ4n) is 2.71. The number of nitrogens with zero attached hydrogens (tertiary/aromatic N) is 1. The zero-order valence-corrected chi connectivity index (χ0v) is 9.67. The van der Waals surface area contributed by atoms with E-state index in [0.717, 1.165) is 32.6 Å². The molecule has 0 aromatic heterocycles. The van der Waals surface area contributed by atoms with Gasteiger partial charge in [-0.2, -0.15) is 0 Å². The molecule has 0 aromatic rings. The molecule has 0 spiro atoms. The van der Waals surface area contributed by atoms with Crippen molar-refractivity contribution in [1.29, 1.82) is 0 Å². The first kappa shape index (κ1) is 10.9. The van der Waals surface area contributed by atoms with Crippen LogP contribution in [0.15, 0.2) is 0 Å². The maximum atomic E-state index is 11.9. The van der Waals surface area contributed by atoms with Crippen molar-refractivity contribution >= 4 is 5.91 Å². The van der Waals surface area contributed by atoms with Crippen molar-refractivity contribution < 1.29 is 4.79 Å². The smallest absolute Gasteiger partial charge is 0.225 e. The monoisotopic (exact) mass is 210 g/mol. The van der Waals surface area contributed by atoms with E-state index in [-0.39, 0.29) is 5.92 Å². The maximum absolute atomic E-state index is 11.9. The van der Waals surface area contributed by atoms with Crippen LogP contribution in [0, 0.1) is 11.8 Å². The summed E-state index contributed by atoms with van der Waals surface area (Å²) >= 11 is 0. The summed E-state index contributed by atoms with van der Waals surface area (Å²) in [6, 6.07) is 0. The fourth-order valence-corrected chi connectivity index (χ4v) is 2.71. The molecule has 0 bridgehead atoms. The third-order valence-corrected chi connectivity index (χ3v) is 3.68. The number of piperidine rings is 2. The molecule has 2 saturated heterocycles. The SMILES string of the molecule is CC1CCCN(CC2CCCNC2)C1=O. The van der Waals surface area contributed by atoms with E-state index in [4.69, 9.17) is 0 Å². The van der Waals surface area contributed by atoms with Gasteiger partial charge < -0.3 is 10.2 Å². The molecule has 2 rings (SSSR count). The highest BCUT2D eigenvalue weighted by molar-refractivity contribution is 5.79. The molecule has 86 valence electrons. The molecule has 1 N–H and O–H groups in total. The minimum absolute atomic E-state index is 0.260. The van der Waals surface area contributed by atoms with Gasteiger partial charge in [-0.15, -0.1) is 0 Å². The summed E-state index contributed by atoms with van der Waals surface area (Å²) in [5, 5.41) is 3.41. The highest BCUT2D eigenvalue weighted by Gasteiger charge is 2.27. The van der Waals surface area contributed by atoms with E-state index in [0.29, 0.717) is 11.8 Å². The average molecular weight is 210 g/mol. The molecule has 0 aliphatic carbocycles. The molecule has 2 aliphatic heterocycles. The Morgan fingerprint density at radius 3 is 3.00 bits per heavy atom. The molecule has 0 aromatic carbocycles. The number of rotatable bonds is 2. The Labute approximate surface area is 92.2 Å². The van der Waals surface area contributed by atoms with Crippen LogP contribution >= 0.6 is 0 Å². The van der Waals surface area contributed by atoms with Gasteiger partial charge in [-0.3, -0.25) is 4.79 Å². The van der Waals surface area contributed by atoms with Crippen LogP contribution < -0.4 is 5.32 Å². The van der Waals surface area contributed by atoms with Crippen molar-refractivity contribution in [3.63, 3.8) is 0 Å². The number of carbonyl (C=O) groups is 1. The minimum Gasteiger partial charge on any atom is -0.342 e. The van der Waals surface area contributed by atoms with E-state index in [1.807, 2.05) is 0 Å². The summed E-state index contributed by atoms with van der Waals surface area (Å²) in [5.74, 6) is 1.33. The Morgan fingerprint density at radius 1 is 1.40 bits per heavy atom. The van der Waals surface area contributed by atoms with Crippen LogP contribution in [0.2, 0.25) is 0 Å². The number of hydrogen-bond acceptors (Lipinski definition) is 2. The van der Waals surface area contributed by atoms with Crippen LogP contribution in [0.25, 0.3) is 0 Å². The van der Waals surface area contributed by atoms with E-state index in [9.17, 15) is 4.79 Å². The Balaban J connectivity index is 1.84. The van der Waals surface area contributed by atoms with Gasteiger partial charge in [0.25, 0.3) is 0 Å². The van der Waals surface area contributed by atoms with Gasteiger partial charge in [-0.05, 0) is 44.7 Å². The zero-order valence-electron chi connectivity index (χ0n) is 9.67. The summed E-state index contributed by atoms with van der Waals surface area (Å²) in [6.45, 7) is 6.28. The van der Waals surface area contributed by atoms with Crippen molar-refractivity contribution in [2.24, 2.45) is 11.8 Å². The van der Waals surface area contributed by atoms with Crippen LogP contribution in [-0.4, -0.2) is 37.0 Å². The lowest BCUT2D eigenvalue weighted by Gasteiger charge is -2.34. The molecule has 1 amide bonds. The second-order valence-electron chi connectivity index (χ2n) is 5.04. The van der Waals surface area contributed by atoms with Crippen LogP contribution in [0.5, 0.6) is 0 Å². The molecule has 2 atom stereocenters. The number of likely N-dealkylation sites (tertiary alicyclic amines) is 1. The lowest BCUT2D eigenvalue weighted by atomic mass is 9.95. The van der Waals surface area contributed by atoms with Crippen molar-refractivity contribution in [1.82, 2.24) is 10.2 Å². The van der Waals surface area contributed by atoms with Gasteiger partial charge in [0.05, 0.1) is 0 Å². The number of nitrogens with one attached hydrogen (secondary N) is 1. The van der Waals surface area contributed by atoms with Crippen molar-refractivity contribution in [2.75, 3.05) is 26.2 Å². The normalized spacial score (nSPS) is 33.1. The van der Waals surface area contributed by atoms with Crippen LogP contribution in [0.3, 0.4) is 0 Å². The van der Waals surface area contributed by atoms with E-state index in [2.05, 4.69) is 17.1 Å². The third-order valence-electron chi connectivity index (χ3n) is 3.68. The summed E-state index contributed by atoms with van der Waals surface area (Å²) in [4.78, 5) is 14.0. The first-order valence-corrected chi connectivity index (χ1v) is 6.27. The van der Waals surface area contributed by atoms with Gasteiger partial charge in [0.15, 0.2) is 0 Å². The Hall–Kier alpha value is -0.570. The minimum atomic E-state index is 0.260. The van der Waals surface area contributed by atoms with E-state index >= 15 is 0 Å². The first-order chi connectivity index (χ1) is 7.27. The van der Waals surface area contributed by atoms with Gasteiger partial charge >= 0.3 is 0 Å². The molecular formula is C12H22N2O. The van der Waals surface area contributed by atoms with E-state index in [1.54, 1.807) is 0 Å². The molecule has 0 saturated carbocycles. The van der Waals surface area contributed by atoms with Gasteiger partial charge in [0, 0.05) is 19.0 Å². The molecule has 2 fully saturated rings. The van der Waals surface area contributed by atoms with Gasteiger partial charge in [-0.1, -0.05) is 6.92 Å². The topological polar surface area (TPSA) is 32.3 Å². The van der Waals surface area contributed by atoms with Crippen molar-refractivity contribution in [2.45, 2.75) is 32.6 Å². The van der Waals surface area contributed by atoms with Crippen LogP contribution in [0.1, 0.15) is 32.6 Å².